The fourth-order valence-corrected chi connectivity index (χ4v) is 0.979. The standard InChI is InChI=1S/C7H4N4O/c8-3-5-4-10-11-2-1-9-7(11)6(5)12/h1-2,4,10H. The highest BCUT2D eigenvalue weighted by atomic mass is 16.1. The smallest absolute Gasteiger partial charge is 0.242 e. The molecule has 58 valence electrons. The summed E-state index contributed by atoms with van der Waals surface area (Å²) in [5.41, 5.74) is -0.0241. The second-order valence-electron chi connectivity index (χ2n) is 2.25. The van der Waals surface area contributed by atoms with E-state index in [1.165, 1.54) is 16.9 Å². The lowest BCUT2D eigenvalue weighted by Crippen LogP contribution is -2.11. The van der Waals surface area contributed by atoms with Gasteiger partial charge in [0.1, 0.15) is 11.6 Å². The van der Waals surface area contributed by atoms with Crippen LogP contribution in [0.2, 0.25) is 0 Å². The van der Waals surface area contributed by atoms with Gasteiger partial charge in [-0.2, -0.15) is 5.26 Å². The van der Waals surface area contributed by atoms with Crippen LogP contribution in [0.15, 0.2) is 23.4 Å². The van der Waals surface area contributed by atoms with E-state index in [1.54, 1.807) is 12.3 Å². The number of imidazole rings is 1. The second kappa shape index (κ2) is 2.20. The Labute approximate surface area is 66.9 Å². The molecule has 0 atom stereocenters. The lowest BCUT2D eigenvalue weighted by Gasteiger charge is -1.91. The molecule has 0 fully saturated rings. The maximum atomic E-state index is 11.3. The molecule has 0 saturated heterocycles. The summed E-state index contributed by atoms with van der Waals surface area (Å²) in [7, 11) is 0. The molecule has 0 aliphatic carbocycles. The van der Waals surface area contributed by atoms with Crippen molar-refractivity contribution in [1.82, 2.24) is 14.6 Å². The molecule has 2 aromatic heterocycles. The Morgan fingerprint density at radius 1 is 1.67 bits per heavy atom. The molecule has 0 saturated carbocycles. The van der Waals surface area contributed by atoms with E-state index < -0.39 is 0 Å². The van der Waals surface area contributed by atoms with Gasteiger partial charge in [-0.15, -0.1) is 0 Å². The summed E-state index contributed by atoms with van der Waals surface area (Å²) in [6.07, 6.45) is 4.46. The summed E-state index contributed by atoms with van der Waals surface area (Å²) >= 11 is 0. The number of aromatic amines is 1. The van der Waals surface area contributed by atoms with Gasteiger partial charge in [-0.25, -0.2) is 9.50 Å². The summed E-state index contributed by atoms with van der Waals surface area (Å²) in [6.45, 7) is 0. The monoisotopic (exact) mass is 160 g/mol. The first-order valence-electron chi connectivity index (χ1n) is 3.28. The first-order valence-corrected chi connectivity index (χ1v) is 3.28. The van der Waals surface area contributed by atoms with E-state index in [9.17, 15) is 4.79 Å². The molecule has 5 nitrogen and oxygen atoms in total. The Morgan fingerprint density at radius 2 is 2.50 bits per heavy atom. The molecular weight excluding hydrogens is 156 g/mol. The van der Waals surface area contributed by atoms with E-state index in [1.807, 2.05) is 0 Å². The van der Waals surface area contributed by atoms with Crippen molar-refractivity contribution in [3.8, 4) is 6.07 Å². The predicted octanol–water partition coefficient (Wildman–Crippen LogP) is -0.106. The Kier molecular flexibility index (Phi) is 1.21. The summed E-state index contributed by atoms with van der Waals surface area (Å²) in [6, 6.07) is 1.78. The van der Waals surface area contributed by atoms with Gasteiger partial charge >= 0.3 is 0 Å². The van der Waals surface area contributed by atoms with Crippen molar-refractivity contribution < 1.29 is 0 Å². The van der Waals surface area contributed by atoms with Gasteiger partial charge in [-0.1, -0.05) is 0 Å². The van der Waals surface area contributed by atoms with Crippen molar-refractivity contribution in [2.24, 2.45) is 0 Å². The summed E-state index contributed by atoms with van der Waals surface area (Å²) in [4.78, 5) is 15.1. The van der Waals surface area contributed by atoms with Crippen LogP contribution in [-0.2, 0) is 0 Å². The van der Waals surface area contributed by atoms with Crippen LogP contribution in [0.1, 0.15) is 5.56 Å². The Hall–Kier alpha value is -2.09. The Balaban J connectivity index is 3.00. The first kappa shape index (κ1) is 6.61. The lowest BCUT2D eigenvalue weighted by molar-refractivity contribution is 0.924. The summed E-state index contributed by atoms with van der Waals surface area (Å²) in [5, 5.41) is 11.2. The number of nitriles is 1. The fourth-order valence-electron chi connectivity index (χ4n) is 0.979. The molecule has 0 aliphatic heterocycles. The minimum Gasteiger partial charge on any atom is -0.299 e. The zero-order valence-corrected chi connectivity index (χ0v) is 5.98. The molecule has 2 heterocycles. The highest BCUT2D eigenvalue weighted by molar-refractivity contribution is 5.43. The van der Waals surface area contributed by atoms with Crippen LogP contribution in [0.25, 0.3) is 5.65 Å². The third kappa shape index (κ3) is 0.720. The topological polar surface area (TPSA) is 73.9 Å². The van der Waals surface area contributed by atoms with Crippen molar-refractivity contribution in [3.05, 3.63) is 34.4 Å². The van der Waals surface area contributed by atoms with Crippen LogP contribution >= 0.6 is 0 Å². The number of fused-ring (bicyclic) bond motifs is 1. The summed E-state index contributed by atoms with van der Waals surface area (Å²) < 4.78 is 1.46. The third-order valence-electron chi connectivity index (χ3n) is 1.56. The Morgan fingerprint density at radius 3 is 3.25 bits per heavy atom. The van der Waals surface area contributed by atoms with Gasteiger partial charge in [-0.3, -0.25) is 9.89 Å². The molecule has 0 spiro atoms. The van der Waals surface area contributed by atoms with Gasteiger partial charge in [-0.05, 0) is 0 Å². The molecule has 0 unspecified atom stereocenters. The molecular formula is C7H4N4O. The van der Waals surface area contributed by atoms with Gasteiger partial charge in [0.2, 0.25) is 11.1 Å². The number of H-pyrrole nitrogens is 1. The zero-order chi connectivity index (χ0) is 8.55. The van der Waals surface area contributed by atoms with E-state index in [2.05, 4.69) is 10.1 Å². The number of rotatable bonds is 0. The van der Waals surface area contributed by atoms with Crippen molar-refractivity contribution in [3.63, 3.8) is 0 Å². The van der Waals surface area contributed by atoms with Crippen LogP contribution in [0.5, 0.6) is 0 Å². The van der Waals surface area contributed by atoms with Gasteiger partial charge < -0.3 is 0 Å². The minimum absolute atomic E-state index is 0.0775. The molecule has 5 heteroatoms. The fraction of sp³-hybridized carbons (Fsp3) is 0. The quantitative estimate of drug-likeness (QED) is 0.584. The average molecular weight is 160 g/mol. The van der Waals surface area contributed by atoms with Crippen molar-refractivity contribution in [2.75, 3.05) is 0 Å². The van der Waals surface area contributed by atoms with E-state index in [-0.39, 0.29) is 16.6 Å². The number of hydrogen-bond acceptors (Lipinski definition) is 3. The number of nitrogens with one attached hydrogen (secondary N) is 1. The van der Waals surface area contributed by atoms with Gasteiger partial charge in [0.25, 0.3) is 0 Å². The number of nitrogens with zero attached hydrogens (tertiary/aromatic N) is 3. The minimum atomic E-state index is -0.346. The van der Waals surface area contributed by atoms with Gasteiger partial charge in [0.05, 0.1) is 0 Å². The zero-order valence-electron chi connectivity index (χ0n) is 5.98. The SMILES string of the molecule is N#Cc1c[nH]n2ccnc2c1=O. The molecule has 1 N–H and O–H groups in total. The molecule has 0 amide bonds. The molecule has 2 rings (SSSR count). The second-order valence-corrected chi connectivity index (χ2v) is 2.25. The molecule has 12 heavy (non-hydrogen) atoms. The van der Waals surface area contributed by atoms with Crippen LogP contribution < -0.4 is 5.43 Å². The molecule has 0 bridgehead atoms. The average Bonchev–Trinajstić information content (AvgIpc) is 2.53. The number of hydrogen-bond donors (Lipinski definition) is 1. The molecule has 0 aromatic carbocycles. The van der Waals surface area contributed by atoms with E-state index >= 15 is 0 Å². The normalized spacial score (nSPS) is 9.92. The van der Waals surface area contributed by atoms with Crippen LogP contribution in [0.4, 0.5) is 0 Å². The highest BCUT2D eigenvalue weighted by Gasteiger charge is 2.03. The predicted molar refractivity (Wildman–Crippen MR) is 40.5 cm³/mol. The first-order chi connectivity index (χ1) is 5.83. The molecule has 0 radical (unpaired) electrons. The maximum Gasteiger partial charge on any atom is 0.242 e. The van der Waals surface area contributed by atoms with E-state index in [0.717, 1.165) is 0 Å². The van der Waals surface area contributed by atoms with Crippen LogP contribution in [-0.4, -0.2) is 14.6 Å². The summed E-state index contributed by atoms with van der Waals surface area (Å²) in [5.74, 6) is 0. The van der Waals surface area contributed by atoms with Gasteiger partial charge in [0, 0.05) is 18.6 Å². The van der Waals surface area contributed by atoms with E-state index in [4.69, 9.17) is 5.26 Å². The highest BCUT2D eigenvalue weighted by Crippen LogP contribution is 1.92. The van der Waals surface area contributed by atoms with Gasteiger partial charge in [0.15, 0.2) is 0 Å². The van der Waals surface area contributed by atoms with Crippen molar-refractivity contribution in [1.29, 1.82) is 5.26 Å². The Bertz CT molecular complexity index is 516. The van der Waals surface area contributed by atoms with Crippen molar-refractivity contribution >= 4 is 5.65 Å². The molecule has 0 aliphatic rings. The van der Waals surface area contributed by atoms with E-state index in [0.29, 0.717) is 0 Å². The lowest BCUT2D eigenvalue weighted by atomic mass is 10.3. The molecule has 2 aromatic rings. The van der Waals surface area contributed by atoms with Crippen LogP contribution in [0, 0.1) is 11.3 Å². The van der Waals surface area contributed by atoms with Crippen LogP contribution in [0.3, 0.4) is 0 Å². The maximum absolute atomic E-state index is 11.3. The third-order valence-corrected chi connectivity index (χ3v) is 1.56. The number of aromatic nitrogens is 3. The van der Waals surface area contributed by atoms with Crippen molar-refractivity contribution in [2.45, 2.75) is 0 Å². The largest absolute Gasteiger partial charge is 0.299 e.